The van der Waals surface area contributed by atoms with Crippen molar-refractivity contribution in [1.29, 1.82) is 0 Å². The summed E-state index contributed by atoms with van der Waals surface area (Å²) in [5.74, 6) is 0. The van der Waals surface area contributed by atoms with Gasteiger partial charge in [-0.15, -0.1) is 0 Å². The lowest BCUT2D eigenvalue weighted by Crippen LogP contribution is -2.49. The Hall–Kier alpha value is -0.580. The zero-order valence-electron chi connectivity index (χ0n) is 7.78. The Morgan fingerprint density at radius 3 is 2.71 bits per heavy atom. The molecule has 4 heteroatoms. The number of nitrogens with zero attached hydrogens (tertiary/aromatic N) is 1. The van der Waals surface area contributed by atoms with Crippen molar-refractivity contribution in [2.24, 2.45) is 0 Å². The molecule has 0 unspecified atom stereocenters. The maximum absolute atomic E-state index is 9.13. The molecule has 0 radical (unpaired) electrons. The number of likely N-dealkylation sites (tertiary alicyclic amines) is 1. The third kappa shape index (κ3) is 2.26. The molecule has 0 atom stereocenters. The summed E-state index contributed by atoms with van der Waals surface area (Å²) in [5, 5.41) is 9.13. The molecule has 76 valence electrons. The number of β-amino-alcohol motifs (C(OH)–C–C–N with tert-alkyl or cyclic N) is 1. The van der Waals surface area contributed by atoms with Crippen molar-refractivity contribution in [1.82, 2.24) is 4.90 Å². The highest BCUT2D eigenvalue weighted by Gasteiger charge is 2.23. The van der Waals surface area contributed by atoms with Crippen LogP contribution in [0.4, 0.5) is 5.69 Å². The largest absolute Gasteiger partial charge is 0.399 e. The van der Waals surface area contributed by atoms with Gasteiger partial charge in [-0.05, 0) is 23.8 Å². The van der Waals surface area contributed by atoms with Crippen LogP contribution >= 0.6 is 15.9 Å². The molecule has 0 amide bonds. The number of benzene rings is 1. The average molecular weight is 257 g/mol. The maximum atomic E-state index is 9.13. The lowest BCUT2D eigenvalue weighted by Gasteiger charge is -2.35. The zero-order chi connectivity index (χ0) is 10.1. The van der Waals surface area contributed by atoms with Crippen LogP contribution in [0.25, 0.3) is 0 Å². The SMILES string of the molecule is Nc1cc(Br)cc(CN2CC(O)C2)c1. The van der Waals surface area contributed by atoms with E-state index in [9.17, 15) is 0 Å². The van der Waals surface area contributed by atoms with Crippen LogP contribution in [0.15, 0.2) is 22.7 Å². The molecular weight excluding hydrogens is 244 g/mol. The van der Waals surface area contributed by atoms with Gasteiger partial charge in [-0.2, -0.15) is 0 Å². The molecule has 1 aliphatic rings. The Kier molecular flexibility index (Phi) is 2.76. The third-order valence-electron chi connectivity index (χ3n) is 2.32. The van der Waals surface area contributed by atoms with Gasteiger partial charge in [0, 0.05) is 29.8 Å². The zero-order valence-corrected chi connectivity index (χ0v) is 9.37. The van der Waals surface area contributed by atoms with Gasteiger partial charge in [0.2, 0.25) is 0 Å². The summed E-state index contributed by atoms with van der Waals surface area (Å²) in [7, 11) is 0. The highest BCUT2D eigenvalue weighted by molar-refractivity contribution is 9.10. The van der Waals surface area contributed by atoms with Crippen molar-refractivity contribution in [2.45, 2.75) is 12.6 Å². The molecule has 0 aliphatic carbocycles. The number of aliphatic hydroxyl groups is 1. The van der Waals surface area contributed by atoms with Gasteiger partial charge < -0.3 is 10.8 Å². The van der Waals surface area contributed by atoms with Crippen LogP contribution in [0, 0.1) is 0 Å². The van der Waals surface area contributed by atoms with Crippen molar-refractivity contribution in [3.63, 3.8) is 0 Å². The van der Waals surface area contributed by atoms with E-state index in [1.165, 1.54) is 5.56 Å². The van der Waals surface area contributed by atoms with Crippen molar-refractivity contribution < 1.29 is 5.11 Å². The molecule has 0 saturated carbocycles. The smallest absolute Gasteiger partial charge is 0.0794 e. The molecule has 1 saturated heterocycles. The number of aliphatic hydroxyl groups excluding tert-OH is 1. The van der Waals surface area contributed by atoms with Crippen LogP contribution in [0.1, 0.15) is 5.56 Å². The van der Waals surface area contributed by atoms with E-state index in [0.29, 0.717) is 0 Å². The Bertz CT molecular complexity index is 317. The molecule has 1 fully saturated rings. The van der Waals surface area contributed by atoms with Crippen LogP contribution in [-0.4, -0.2) is 29.2 Å². The first kappa shape index (κ1) is 9.96. The Balaban J connectivity index is 2.02. The van der Waals surface area contributed by atoms with Crippen molar-refractivity contribution >= 4 is 21.6 Å². The molecule has 0 aromatic heterocycles. The van der Waals surface area contributed by atoms with E-state index in [-0.39, 0.29) is 6.10 Å². The molecule has 14 heavy (non-hydrogen) atoms. The highest BCUT2D eigenvalue weighted by Crippen LogP contribution is 2.20. The molecule has 2 rings (SSSR count). The number of rotatable bonds is 2. The Morgan fingerprint density at radius 1 is 1.43 bits per heavy atom. The molecule has 1 aromatic rings. The van der Waals surface area contributed by atoms with Gasteiger partial charge in [0.25, 0.3) is 0 Å². The lowest BCUT2D eigenvalue weighted by atomic mass is 10.1. The quantitative estimate of drug-likeness (QED) is 0.783. The van der Waals surface area contributed by atoms with E-state index in [4.69, 9.17) is 10.8 Å². The van der Waals surface area contributed by atoms with Crippen LogP contribution in [0.5, 0.6) is 0 Å². The molecule has 1 aliphatic heterocycles. The molecular formula is C10H13BrN2O. The first-order chi connectivity index (χ1) is 6.63. The third-order valence-corrected chi connectivity index (χ3v) is 2.78. The van der Waals surface area contributed by atoms with Gasteiger partial charge in [-0.3, -0.25) is 4.90 Å². The molecule has 1 aromatic carbocycles. The van der Waals surface area contributed by atoms with Crippen molar-refractivity contribution in [3.05, 3.63) is 28.2 Å². The first-order valence-corrected chi connectivity index (χ1v) is 5.38. The summed E-state index contributed by atoms with van der Waals surface area (Å²) in [6, 6.07) is 5.91. The van der Waals surface area contributed by atoms with Gasteiger partial charge in [0.05, 0.1) is 6.10 Å². The number of halogens is 1. The highest BCUT2D eigenvalue weighted by atomic mass is 79.9. The first-order valence-electron chi connectivity index (χ1n) is 4.59. The van der Waals surface area contributed by atoms with Crippen LogP contribution in [0.2, 0.25) is 0 Å². The summed E-state index contributed by atoms with van der Waals surface area (Å²) in [5.41, 5.74) is 7.68. The topological polar surface area (TPSA) is 49.5 Å². The molecule has 0 spiro atoms. The number of hydrogen-bond acceptors (Lipinski definition) is 3. The van der Waals surface area contributed by atoms with Crippen LogP contribution in [0.3, 0.4) is 0 Å². The minimum atomic E-state index is -0.139. The van der Waals surface area contributed by atoms with E-state index in [1.54, 1.807) is 0 Å². The minimum absolute atomic E-state index is 0.139. The fourth-order valence-electron chi connectivity index (χ4n) is 1.70. The fourth-order valence-corrected chi connectivity index (χ4v) is 2.25. The normalized spacial score (nSPS) is 18.1. The Labute approximate surface area is 91.6 Å². The van der Waals surface area contributed by atoms with Gasteiger partial charge >= 0.3 is 0 Å². The van der Waals surface area contributed by atoms with Crippen LogP contribution in [-0.2, 0) is 6.54 Å². The number of nitrogens with two attached hydrogens (primary N) is 1. The summed E-state index contributed by atoms with van der Waals surface area (Å²) < 4.78 is 1.01. The fraction of sp³-hybridized carbons (Fsp3) is 0.400. The van der Waals surface area contributed by atoms with E-state index in [0.717, 1.165) is 29.8 Å². The van der Waals surface area contributed by atoms with Gasteiger partial charge in [0.1, 0.15) is 0 Å². The maximum Gasteiger partial charge on any atom is 0.0794 e. The monoisotopic (exact) mass is 256 g/mol. The average Bonchev–Trinajstić information content (AvgIpc) is 1.99. The second-order valence-electron chi connectivity index (χ2n) is 3.74. The van der Waals surface area contributed by atoms with E-state index in [1.807, 2.05) is 12.1 Å². The second-order valence-corrected chi connectivity index (χ2v) is 4.66. The van der Waals surface area contributed by atoms with E-state index < -0.39 is 0 Å². The van der Waals surface area contributed by atoms with Gasteiger partial charge in [-0.1, -0.05) is 15.9 Å². The Morgan fingerprint density at radius 2 is 2.14 bits per heavy atom. The molecule has 1 heterocycles. The van der Waals surface area contributed by atoms with E-state index in [2.05, 4.69) is 26.9 Å². The summed E-state index contributed by atoms with van der Waals surface area (Å²) in [6.45, 7) is 2.40. The molecule has 3 N–H and O–H groups in total. The lowest BCUT2D eigenvalue weighted by molar-refractivity contribution is -0.00285. The predicted molar refractivity (Wildman–Crippen MR) is 59.8 cm³/mol. The number of anilines is 1. The summed E-state index contributed by atoms with van der Waals surface area (Å²) in [6.07, 6.45) is -0.139. The van der Waals surface area contributed by atoms with Crippen LogP contribution < -0.4 is 5.73 Å². The minimum Gasteiger partial charge on any atom is -0.399 e. The van der Waals surface area contributed by atoms with Crippen molar-refractivity contribution in [3.8, 4) is 0 Å². The number of hydrogen-bond donors (Lipinski definition) is 2. The molecule has 3 nitrogen and oxygen atoms in total. The van der Waals surface area contributed by atoms with Gasteiger partial charge in [-0.25, -0.2) is 0 Å². The summed E-state index contributed by atoms with van der Waals surface area (Å²) in [4.78, 5) is 2.19. The summed E-state index contributed by atoms with van der Waals surface area (Å²) >= 11 is 3.41. The molecule has 0 bridgehead atoms. The van der Waals surface area contributed by atoms with Crippen molar-refractivity contribution in [2.75, 3.05) is 18.8 Å². The van der Waals surface area contributed by atoms with E-state index >= 15 is 0 Å². The van der Waals surface area contributed by atoms with Gasteiger partial charge in [0.15, 0.2) is 0 Å². The number of nitrogen functional groups attached to an aromatic ring is 1. The standard InChI is InChI=1S/C10H13BrN2O/c11-8-1-7(2-9(12)3-8)4-13-5-10(14)6-13/h1-3,10,14H,4-6,12H2. The predicted octanol–water partition coefficient (Wildman–Crippen LogP) is 1.21. The second kappa shape index (κ2) is 3.88.